The molecule has 0 saturated carbocycles. The largest absolute Gasteiger partial charge is 0.508 e. The molecule has 3 nitrogen and oxygen atoms in total. The molecule has 1 aromatic rings. The fourth-order valence-electron chi connectivity index (χ4n) is 1.47. The minimum Gasteiger partial charge on any atom is -0.508 e. The zero-order valence-corrected chi connectivity index (χ0v) is 8.59. The Morgan fingerprint density at radius 1 is 1.29 bits per heavy atom. The first-order chi connectivity index (χ1) is 6.36. The second-order valence-corrected chi connectivity index (χ2v) is 3.16. The SMILES string of the molecule is Cl.Oc1ccc(C2CNCCO2)cc1. The van der Waals surface area contributed by atoms with Crippen molar-refractivity contribution in [3.8, 4) is 5.75 Å². The number of rotatable bonds is 1. The lowest BCUT2D eigenvalue weighted by Gasteiger charge is -2.23. The quantitative estimate of drug-likeness (QED) is 0.746. The first-order valence-corrected chi connectivity index (χ1v) is 4.47. The number of aromatic hydroxyl groups is 1. The van der Waals surface area contributed by atoms with Crippen LogP contribution in [0.2, 0.25) is 0 Å². The van der Waals surface area contributed by atoms with Gasteiger partial charge in [-0.1, -0.05) is 12.1 Å². The molecule has 2 N–H and O–H groups in total. The van der Waals surface area contributed by atoms with Gasteiger partial charge in [0.15, 0.2) is 0 Å². The topological polar surface area (TPSA) is 41.5 Å². The van der Waals surface area contributed by atoms with Crippen LogP contribution < -0.4 is 5.32 Å². The van der Waals surface area contributed by atoms with E-state index in [0.29, 0.717) is 5.75 Å². The Kier molecular flexibility index (Phi) is 4.20. The normalized spacial score (nSPS) is 21.3. The third-order valence-electron chi connectivity index (χ3n) is 2.19. The second-order valence-electron chi connectivity index (χ2n) is 3.16. The van der Waals surface area contributed by atoms with E-state index in [1.807, 2.05) is 12.1 Å². The predicted octanol–water partition coefficient (Wildman–Crippen LogP) is 1.47. The highest BCUT2D eigenvalue weighted by molar-refractivity contribution is 5.85. The van der Waals surface area contributed by atoms with E-state index in [4.69, 9.17) is 9.84 Å². The van der Waals surface area contributed by atoms with Gasteiger partial charge in [-0.15, -0.1) is 12.4 Å². The summed E-state index contributed by atoms with van der Waals surface area (Å²) in [5.74, 6) is 0.299. The number of nitrogens with one attached hydrogen (secondary N) is 1. The smallest absolute Gasteiger partial charge is 0.115 e. The highest BCUT2D eigenvalue weighted by Gasteiger charge is 2.14. The number of benzene rings is 1. The van der Waals surface area contributed by atoms with Gasteiger partial charge in [-0.05, 0) is 17.7 Å². The molecule has 1 aliphatic rings. The van der Waals surface area contributed by atoms with Gasteiger partial charge >= 0.3 is 0 Å². The Bertz CT molecular complexity index is 270. The summed E-state index contributed by atoms with van der Waals surface area (Å²) in [6.07, 6.45) is 0.134. The molecule has 1 saturated heterocycles. The van der Waals surface area contributed by atoms with Crippen LogP contribution in [0.1, 0.15) is 11.7 Å². The van der Waals surface area contributed by atoms with Crippen molar-refractivity contribution in [2.75, 3.05) is 19.7 Å². The average molecular weight is 216 g/mol. The summed E-state index contributed by atoms with van der Waals surface area (Å²) in [6, 6.07) is 7.17. The first kappa shape index (κ1) is 11.3. The molecule has 78 valence electrons. The molecular weight excluding hydrogens is 202 g/mol. The Morgan fingerprint density at radius 3 is 2.57 bits per heavy atom. The van der Waals surface area contributed by atoms with Crippen molar-refractivity contribution < 1.29 is 9.84 Å². The van der Waals surface area contributed by atoms with Crippen LogP contribution in [-0.4, -0.2) is 24.8 Å². The number of halogens is 1. The molecular formula is C10H14ClNO2. The van der Waals surface area contributed by atoms with Crippen LogP contribution in [-0.2, 0) is 4.74 Å². The molecule has 1 atom stereocenters. The molecule has 1 aliphatic heterocycles. The van der Waals surface area contributed by atoms with Gasteiger partial charge in [0.05, 0.1) is 12.7 Å². The van der Waals surface area contributed by atoms with Crippen molar-refractivity contribution in [1.29, 1.82) is 0 Å². The average Bonchev–Trinajstić information content (AvgIpc) is 2.20. The summed E-state index contributed by atoms with van der Waals surface area (Å²) >= 11 is 0. The fraction of sp³-hybridized carbons (Fsp3) is 0.400. The molecule has 14 heavy (non-hydrogen) atoms. The highest BCUT2D eigenvalue weighted by atomic mass is 35.5. The number of hydrogen-bond donors (Lipinski definition) is 2. The number of phenolic OH excluding ortho intramolecular Hbond substituents is 1. The van der Waals surface area contributed by atoms with Crippen molar-refractivity contribution in [3.05, 3.63) is 29.8 Å². The van der Waals surface area contributed by atoms with Crippen molar-refractivity contribution in [1.82, 2.24) is 5.32 Å². The lowest BCUT2D eigenvalue weighted by Crippen LogP contribution is -2.33. The minimum absolute atomic E-state index is 0. The monoisotopic (exact) mass is 215 g/mol. The lowest BCUT2D eigenvalue weighted by molar-refractivity contribution is 0.0277. The van der Waals surface area contributed by atoms with Gasteiger partial charge in [-0.2, -0.15) is 0 Å². The van der Waals surface area contributed by atoms with E-state index < -0.39 is 0 Å². The summed E-state index contributed by atoms with van der Waals surface area (Å²) in [7, 11) is 0. The van der Waals surface area contributed by atoms with E-state index in [-0.39, 0.29) is 18.5 Å². The molecule has 0 spiro atoms. The summed E-state index contributed by atoms with van der Waals surface area (Å²) in [6.45, 7) is 2.53. The lowest BCUT2D eigenvalue weighted by atomic mass is 10.1. The molecule has 0 aromatic heterocycles. The van der Waals surface area contributed by atoms with Crippen molar-refractivity contribution >= 4 is 12.4 Å². The minimum atomic E-state index is 0. The Hall–Kier alpha value is -0.770. The number of ether oxygens (including phenoxy) is 1. The molecule has 1 unspecified atom stereocenters. The Labute approximate surface area is 89.5 Å². The van der Waals surface area contributed by atoms with E-state index in [9.17, 15) is 0 Å². The van der Waals surface area contributed by atoms with E-state index in [0.717, 1.165) is 25.3 Å². The molecule has 4 heteroatoms. The van der Waals surface area contributed by atoms with Crippen LogP contribution in [0.3, 0.4) is 0 Å². The third-order valence-corrected chi connectivity index (χ3v) is 2.19. The molecule has 0 bridgehead atoms. The molecule has 1 heterocycles. The maximum Gasteiger partial charge on any atom is 0.115 e. The van der Waals surface area contributed by atoms with Gasteiger partial charge < -0.3 is 15.2 Å². The third kappa shape index (κ3) is 2.61. The van der Waals surface area contributed by atoms with Gasteiger partial charge in [0, 0.05) is 13.1 Å². The van der Waals surface area contributed by atoms with Gasteiger partial charge in [0.2, 0.25) is 0 Å². The summed E-state index contributed by atoms with van der Waals surface area (Å²) < 4.78 is 5.56. The van der Waals surface area contributed by atoms with Crippen LogP contribution in [0.15, 0.2) is 24.3 Å². The summed E-state index contributed by atoms with van der Waals surface area (Å²) in [4.78, 5) is 0. The van der Waals surface area contributed by atoms with Crippen LogP contribution in [0.25, 0.3) is 0 Å². The maximum atomic E-state index is 9.10. The van der Waals surface area contributed by atoms with E-state index in [2.05, 4.69) is 5.32 Å². The Morgan fingerprint density at radius 2 is 2.00 bits per heavy atom. The zero-order chi connectivity index (χ0) is 9.10. The molecule has 2 rings (SSSR count). The van der Waals surface area contributed by atoms with E-state index in [1.54, 1.807) is 12.1 Å². The summed E-state index contributed by atoms with van der Waals surface area (Å²) in [5.41, 5.74) is 1.12. The van der Waals surface area contributed by atoms with Gasteiger partial charge in [-0.25, -0.2) is 0 Å². The van der Waals surface area contributed by atoms with Crippen LogP contribution in [0.4, 0.5) is 0 Å². The van der Waals surface area contributed by atoms with Crippen LogP contribution >= 0.6 is 12.4 Å². The van der Waals surface area contributed by atoms with Crippen LogP contribution in [0, 0.1) is 0 Å². The molecule has 0 amide bonds. The van der Waals surface area contributed by atoms with Crippen molar-refractivity contribution in [2.45, 2.75) is 6.10 Å². The number of morpholine rings is 1. The second kappa shape index (κ2) is 5.20. The van der Waals surface area contributed by atoms with Crippen LogP contribution in [0.5, 0.6) is 5.75 Å². The highest BCUT2D eigenvalue weighted by Crippen LogP contribution is 2.20. The predicted molar refractivity (Wildman–Crippen MR) is 56.9 cm³/mol. The first-order valence-electron chi connectivity index (χ1n) is 4.47. The standard InChI is InChI=1S/C10H13NO2.ClH/c12-9-3-1-8(2-4-9)10-7-11-5-6-13-10;/h1-4,10-12H,5-7H2;1H. The molecule has 0 aliphatic carbocycles. The molecule has 0 radical (unpaired) electrons. The number of phenols is 1. The molecule has 1 aromatic carbocycles. The van der Waals surface area contributed by atoms with E-state index in [1.165, 1.54) is 0 Å². The van der Waals surface area contributed by atoms with Crippen molar-refractivity contribution in [2.24, 2.45) is 0 Å². The maximum absolute atomic E-state index is 9.10. The fourth-order valence-corrected chi connectivity index (χ4v) is 1.47. The zero-order valence-electron chi connectivity index (χ0n) is 7.77. The van der Waals surface area contributed by atoms with Crippen molar-refractivity contribution in [3.63, 3.8) is 0 Å². The Balaban J connectivity index is 0.000000980. The van der Waals surface area contributed by atoms with Gasteiger partial charge in [0.1, 0.15) is 5.75 Å². The molecule has 1 fully saturated rings. The van der Waals surface area contributed by atoms with Gasteiger partial charge in [-0.3, -0.25) is 0 Å². The number of hydrogen-bond acceptors (Lipinski definition) is 3. The van der Waals surface area contributed by atoms with Gasteiger partial charge in [0.25, 0.3) is 0 Å². The van der Waals surface area contributed by atoms with E-state index >= 15 is 0 Å². The summed E-state index contributed by atoms with van der Waals surface area (Å²) in [5, 5.41) is 12.4.